The molecule has 2 aromatic carbocycles. The molecule has 2 N–H and O–H groups in total. The van der Waals surface area contributed by atoms with E-state index < -0.39 is 0 Å². The van der Waals surface area contributed by atoms with E-state index in [1.165, 1.54) is 11.8 Å². The van der Waals surface area contributed by atoms with Gasteiger partial charge < -0.3 is 15.1 Å². The van der Waals surface area contributed by atoms with Gasteiger partial charge in [0, 0.05) is 17.3 Å². The fourth-order valence-electron chi connectivity index (χ4n) is 3.23. The van der Waals surface area contributed by atoms with Crippen LogP contribution < -0.4 is 10.6 Å². The molecule has 0 aliphatic rings. The van der Waals surface area contributed by atoms with Crippen LogP contribution in [0.15, 0.2) is 77.5 Å². The number of nitrogens with zero attached hydrogens (tertiary/aromatic N) is 2. The van der Waals surface area contributed by atoms with Crippen LogP contribution in [-0.2, 0) is 6.54 Å². The summed E-state index contributed by atoms with van der Waals surface area (Å²) in [6, 6.07) is 18.3. The normalized spacial score (nSPS) is 10.6. The molecule has 2 amide bonds. The number of hydrogen-bond donors (Lipinski definition) is 2. The summed E-state index contributed by atoms with van der Waals surface area (Å²) in [6.45, 7) is 4.44. The Kier molecular flexibility index (Phi) is 5.66. The number of furan rings is 1. The van der Waals surface area contributed by atoms with Crippen LogP contribution in [0.1, 0.15) is 37.6 Å². The van der Waals surface area contributed by atoms with Crippen LogP contribution in [0.25, 0.3) is 0 Å². The zero-order chi connectivity index (χ0) is 21.8. The van der Waals surface area contributed by atoms with Gasteiger partial charge in [0.05, 0.1) is 19.0 Å². The SMILES string of the molecule is Cc1cccc(Cn2nccc2NC(=O)c2ccc(C)c(NC(=O)c3ccco3)c2)c1. The first-order chi connectivity index (χ1) is 15.0. The second-order valence-corrected chi connectivity index (χ2v) is 7.28. The second-order valence-electron chi connectivity index (χ2n) is 7.28. The summed E-state index contributed by atoms with van der Waals surface area (Å²) in [5.74, 6) is 0.129. The average molecular weight is 414 g/mol. The maximum Gasteiger partial charge on any atom is 0.291 e. The van der Waals surface area contributed by atoms with E-state index in [4.69, 9.17) is 4.42 Å². The van der Waals surface area contributed by atoms with Gasteiger partial charge in [-0.15, -0.1) is 0 Å². The van der Waals surface area contributed by atoms with Crippen LogP contribution in [0.2, 0.25) is 0 Å². The summed E-state index contributed by atoms with van der Waals surface area (Å²) in [7, 11) is 0. The Morgan fingerprint density at radius 1 is 0.968 bits per heavy atom. The predicted octanol–water partition coefficient (Wildman–Crippen LogP) is 4.65. The van der Waals surface area contributed by atoms with Gasteiger partial charge in [0.1, 0.15) is 5.82 Å². The number of nitrogens with one attached hydrogen (secondary N) is 2. The Bertz CT molecular complexity index is 1230. The fourth-order valence-corrected chi connectivity index (χ4v) is 3.23. The second kappa shape index (κ2) is 8.71. The summed E-state index contributed by atoms with van der Waals surface area (Å²) in [4.78, 5) is 25.2. The lowest BCUT2D eigenvalue weighted by molar-refractivity contribution is 0.0993. The summed E-state index contributed by atoms with van der Waals surface area (Å²) >= 11 is 0. The van der Waals surface area contributed by atoms with E-state index in [1.807, 2.05) is 32.0 Å². The number of carbonyl (C=O) groups excluding carboxylic acids is 2. The van der Waals surface area contributed by atoms with Crippen molar-refractivity contribution in [3.05, 3.63) is 101 Å². The summed E-state index contributed by atoms with van der Waals surface area (Å²) in [5.41, 5.74) is 4.06. The van der Waals surface area contributed by atoms with Gasteiger partial charge in [-0.1, -0.05) is 35.9 Å². The molecule has 0 fully saturated rings. The van der Waals surface area contributed by atoms with Crippen molar-refractivity contribution in [2.24, 2.45) is 0 Å². The van der Waals surface area contributed by atoms with E-state index in [1.54, 1.807) is 47.3 Å². The molecule has 156 valence electrons. The first kappa shape index (κ1) is 20.2. The van der Waals surface area contributed by atoms with E-state index >= 15 is 0 Å². The molecule has 7 nitrogen and oxygen atoms in total. The molecule has 4 rings (SSSR count). The molecule has 0 radical (unpaired) electrons. The molecule has 0 aliphatic carbocycles. The highest BCUT2D eigenvalue weighted by Crippen LogP contribution is 2.20. The van der Waals surface area contributed by atoms with Crippen LogP contribution in [-0.4, -0.2) is 21.6 Å². The molecular formula is C24H22N4O3. The average Bonchev–Trinajstić information content (AvgIpc) is 3.42. The van der Waals surface area contributed by atoms with Crippen LogP contribution in [0.4, 0.5) is 11.5 Å². The number of amides is 2. The van der Waals surface area contributed by atoms with Crippen molar-refractivity contribution < 1.29 is 14.0 Å². The minimum atomic E-state index is -0.373. The first-order valence-corrected chi connectivity index (χ1v) is 9.84. The van der Waals surface area contributed by atoms with Crippen LogP contribution in [0.5, 0.6) is 0 Å². The van der Waals surface area contributed by atoms with Crippen molar-refractivity contribution in [3.8, 4) is 0 Å². The van der Waals surface area contributed by atoms with Gasteiger partial charge in [0.25, 0.3) is 11.8 Å². The minimum Gasteiger partial charge on any atom is -0.459 e. The third-order valence-corrected chi connectivity index (χ3v) is 4.87. The van der Waals surface area contributed by atoms with Crippen molar-refractivity contribution >= 4 is 23.3 Å². The van der Waals surface area contributed by atoms with Crippen LogP contribution in [0, 0.1) is 13.8 Å². The molecule has 31 heavy (non-hydrogen) atoms. The van der Waals surface area contributed by atoms with Crippen molar-refractivity contribution in [2.45, 2.75) is 20.4 Å². The van der Waals surface area contributed by atoms with Crippen LogP contribution in [0.3, 0.4) is 0 Å². The molecule has 2 heterocycles. The minimum absolute atomic E-state index is 0.203. The Morgan fingerprint density at radius 2 is 1.84 bits per heavy atom. The highest BCUT2D eigenvalue weighted by atomic mass is 16.3. The van der Waals surface area contributed by atoms with Gasteiger partial charge in [0.2, 0.25) is 0 Å². The Morgan fingerprint density at radius 3 is 2.61 bits per heavy atom. The fraction of sp³-hybridized carbons (Fsp3) is 0.125. The van der Waals surface area contributed by atoms with Crippen molar-refractivity contribution in [1.29, 1.82) is 0 Å². The Balaban J connectivity index is 1.49. The molecule has 0 unspecified atom stereocenters. The van der Waals surface area contributed by atoms with Gasteiger partial charge >= 0.3 is 0 Å². The molecular weight excluding hydrogens is 392 g/mol. The number of carbonyl (C=O) groups is 2. The van der Waals surface area contributed by atoms with Gasteiger partial charge in [-0.2, -0.15) is 5.10 Å². The number of benzene rings is 2. The molecule has 0 atom stereocenters. The number of aromatic nitrogens is 2. The van der Waals surface area contributed by atoms with E-state index in [9.17, 15) is 9.59 Å². The smallest absolute Gasteiger partial charge is 0.291 e. The van der Waals surface area contributed by atoms with E-state index in [0.29, 0.717) is 23.6 Å². The lowest BCUT2D eigenvalue weighted by Crippen LogP contribution is -2.17. The van der Waals surface area contributed by atoms with Crippen molar-refractivity contribution in [1.82, 2.24) is 9.78 Å². The predicted molar refractivity (Wildman–Crippen MR) is 118 cm³/mol. The molecule has 0 bridgehead atoms. The van der Waals surface area contributed by atoms with Crippen molar-refractivity contribution in [3.63, 3.8) is 0 Å². The van der Waals surface area contributed by atoms with Gasteiger partial charge in [-0.25, -0.2) is 4.68 Å². The van der Waals surface area contributed by atoms with Gasteiger partial charge in [-0.3, -0.25) is 9.59 Å². The Labute approximate surface area is 179 Å². The van der Waals surface area contributed by atoms with E-state index in [0.717, 1.165) is 11.1 Å². The standard InChI is InChI=1S/C24H22N4O3/c1-16-5-3-6-18(13-16)15-28-22(10-11-25-28)27-23(29)19-9-8-17(2)20(14-19)26-24(30)21-7-4-12-31-21/h3-14H,15H2,1-2H3,(H,26,30)(H,27,29). The molecule has 0 spiro atoms. The summed E-state index contributed by atoms with van der Waals surface area (Å²) in [6.07, 6.45) is 3.08. The maximum absolute atomic E-state index is 12.9. The third kappa shape index (κ3) is 4.72. The monoisotopic (exact) mass is 414 g/mol. The molecule has 0 aliphatic heterocycles. The number of anilines is 2. The highest BCUT2D eigenvalue weighted by molar-refractivity contribution is 6.06. The zero-order valence-electron chi connectivity index (χ0n) is 17.3. The van der Waals surface area contributed by atoms with E-state index in [2.05, 4.69) is 21.8 Å². The maximum atomic E-state index is 12.9. The van der Waals surface area contributed by atoms with Gasteiger partial charge in [0.15, 0.2) is 5.76 Å². The third-order valence-electron chi connectivity index (χ3n) is 4.87. The first-order valence-electron chi connectivity index (χ1n) is 9.84. The lowest BCUT2D eigenvalue weighted by atomic mass is 10.1. The van der Waals surface area contributed by atoms with Gasteiger partial charge in [-0.05, 0) is 49.2 Å². The zero-order valence-corrected chi connectivity index (χ0v) is 17.3. The van der Waals surface area contributed by atoms with E-state index in [-0.39, 0.29) is 17.6 Å². The molecule has 0 saturated heterocycles. The molecule has 4 aromatic rings. The molecule has 7 heteroatoms. The highest BCUT2D eigenvalue weighted by Gasteiger charge is 2.14. The summed E-state index contributed by atoms with van der Waals surface area (Å²) < 4.78 is 6.86. The summed E-state index contributed by atoms with van der Waals surface area (Å²) in [5, 5.41) is 10.0. The largest absolute Gasteiger partial charge is 0.459 e. The quantitative estimate of drug-likeness (QED) is 0.481. The number of aryl methyl sites for hydroxylation is 2. The van der Waals surface area contributed by atoms with Crippen molar-refractivity contribution in [2.75, 3.05) is 10.6 Å². The topological polar surface area (TPSA) is 89.2 Å². The number of rotatable bonds is 6. The lowest BCUT2D eigenvalue weighted by Gasteiger charge is -2.12. The van der Waals surface area contributed by atoms with Crippen LogP contribution >= 0.6 is 0 Å². The molecule has 0 saturated carbocycles. The molecule has 2 aromatic heterocycles. The number of hydrogen-bond acceptors (Lipinski definition) is 4. The Hall–Kier alpha value is -4.13.